The summed E-state index contributed by atoms with van der Waals surface area (Å²) in [6.45, 7) is 4.24. The van der Waals surface area contributed by atoms with Gasteiger partial charge in [-0.3, -0.25) is 9.88 Å². The van der Waals surface area contributed by atoms with Gasteiger partial charge in [0.2, 0.25) is 0 Å². The molecule has 1 saturated heterocycles. The van der Waals surface area contributed by atoms with Gasteiger partial charge < -0.3 is 5.11 Å². The lowest BCUT2D eigenvalue weighted by Crippen LogP contribution is -2.38. The molecule has 0 amide bonds. The van der Waals surface area contributed by atoms with Crippen molar-refractivity contribution in [3.8, 4) is 0 Å². The molecule has 2 aliphatic rings. The molecule has 3 nitrogen and oxygen atoms in total. The van der Waals surface area contributed by atoms with Crippen LogP contribution in [0.15, 0.2) is 18.3 Å². The first-order valence-electron chi connectivity index (χ1n) is 7.58. The zero-order valence-corrected chi connectivity index (χ0v) is 11.8. The normalized spacial score (nSPS) is 32.0. The predicted octanol–water partition coefficient (Wildman–Crippen LogP) is 2.52. The summed E-state index contributed by atoms with van der Waals surface area (Å²) in [5.41, 5.74) is 2.47. The fraction of sp³-hybridized carbons (Fsp3) is 0.688. The molecule has 2 fully saturated rings. The van der Waals surface area contributed by atoms with E-state index in [2.05, 4.69) is 22.9 Å². The maximum atomic E-state index is 10.1. The molecule has 104 valence electrons. The Hall–Kier alpha value is -0.930. The van der Waals surface area contributed by atoms with Crippen LogP contribution in [0.3, 0.4) is 0 Å². The van der Waals surface area contributed by atoms with E-state index in [0.717, 1.165) is 19.5 Å². The van der Waals surface area contributed by atoms with E-state index in [0.29, 0.717) is 12.0 Å². The topological polar surface area (TPSA) is 36.4 Å². The molecule has 1 aromatic rings. The molecule has 1 aliphatic heterocycles. The van der Waals surface area contributed by atoms with Gasteiger partial charge in [0.15, 0.2) is 0 Å². The molecule has 3 atom stereocenters. The van der Waals surface area contributed by atoms with Crippen molar-refractivity contribution in [2.45, 2.75) is 57.7 Å². The third-order valence-corrected chi connectivity index (χ3v) is 4.91. The molecular formula is C16H24N2O. The highest BCUT2D eigenvalue weighted by molar-refractivity contribution is 5.17. The van der Waals surface area contributed by atoms with Crippen LogP contribution in [0.4, 0.5) is 0 Å². The third-order valence-electron chi connectivity index (χ3n) is 4.91. The maximum absolute atomic E-state index is 10.1. The van der Waals surface area contributed by atoms with E-state index in [1.807, 2.05) is 12.3 Å². The molecule has 3 unspecified atom stereocenters. The van der Waals surface area contributed by atoms with E-state index in [9.17, 15) is 5.11 Å². The summed E-state index contributed by atoms with van der Waals surface area (Å²) in [4.78, 5) is 7.07. The minimum atomic E-state index is -0.0737. The maximum Gasteiger partial charge on any atom is 0.0583 e. The zero-order chi connectivity index (χ0) is 13.2. The smallest absolute Gasteiger partial charge is 0.0583 e. The summed E-state index contributed by atoms with van der Waals surface area (Å²) >= 11 is 0. The lowest BCUT2D eigenvalue weighted by atomic mass is 9.94. The standard InChI is InChI=1S/C16H24N2O/c1-12-5-3-9-17-14(12)11-18-10-4-7-15(18)13-6-2-8-16(13)19/h3,5,9,13,15-16,19H,2,4,6-8,10-11H2,1H3. The number of pyridine rings is 1. The van der Waals surface area contributed by atoms with Gasteiger partial charge in [0, 0.05) is 24.7 Å². The van der Waals surface area contributed by atoms with Crippen molar-refractivity contribution in [1.82, 2.24) is 9.88 Å². The highest BCUT2D eigenvalue weighted by atomic mass is 16.3. The first kappa shape index (κ1) is 13.1. The van der Waals surface area contributed by atoms with Crippen molar-refractivity contribution in [3.63, 3.8) is 0 Å². The van der Waals surface area contributed by atoms with Gasteiger partial charge in [-0.1, -0.05) is 12.5 Å². The minimum absolute atomic E-state index is 0.0737. The Morgan fingerprint density at radius 2 is 2.21 bits per heavy atom. The van der Waals surface area contributed by atoms with Gasteiger partial charge in [-0.2, -0.15) is 0 Å². The van der Waals surface area contributed by atoms with Crippen LogP contribution in [0, 0.1) is 12.8 Å². The number of hydrogen-bond acceptors (Lipinski definition) is 3. The lowest BCUT2D eigenvalue weighted by Gasteiger charge is -2.31. The lowest BCUT2D eigenvalue weighted by molar-refractivity contribution is 0.0713. The van der Waals surface area contributed by atoms with Crippen LogP contribution in [0.25, 0.3) is 0 Å². The average molecular weight is 260 g/mol. The van der Waals surface area contributed by atoms with Gasteiger partial charge in [-0.25, -0.2) is 0 Å². The first-order valence-corrected chi connectivity index (χ1v) is 7.58. The van der Waals surface area contributed by atoms with Crippen LogP contribution in [0.5, 0.6) is 0 Å². The summed E-state index contributed by atoms with van der Waals surface area (Å²) in [5.74, 6) is 0.492. The van der Waals surface area contributed by atoms with E-state index >= 15 is 0 Å². The summed E-state index contributed by atoms with van der Waals surface area (Å²) in [5, 5.41) is 10.1. The van der Waals surface area contributed by atoms with Gasteiger partial charge in [0.1, 0.15) is 0 Å². The van der Waals surface area contributed by atoms with Gasteiger partial charge in [0.25, 0.3) is 0 Å². The van der Waals surface area contributed by atoms with Crippen molar-refractivity contribution in [2.24, 2.45) is 5.92 Å². The van der Waals surface area contributed by atoms with Crippen LogP contribution >= 0.6 is 0 Å². The highest BCUT2D eigenvalue weighted by Crippen LogP contribution is 2.36. The quantitative estimate of drug-likeness (QED) is 0.907. The van der Waals surface area contributed by atoms with Crippen LogP contribution in [-0.2, 0) is 6.54 Å². The summed E-state index contributed by atoms with van der Waals surface area (Å²) in [6, 6.07) is 4.71. The molecule has 3 rings (SSSR count). The Morgan fingerprint density at radius 1 is 1.32 bits per heavy atom. The second-order valence-electron chi connectivity index (χ2n) is 6.11. The SMILES string of the molecule is Cc1cccnc1CN1CCCC1C1CCCC1O. The Kier molecular flexibility index (Phi) is 3.85. The number of aromatic nitrogens is 1. The first-order chi connectivity index (χ1) is 9.25. The fourth-order valence-electron chi connectivity index (χ4n) is 3.83. The molecule has 0 aromatic carbocycles. The number of aliphatic hydroxyl groups excluding tert-OH is 1. The van der Waals surface area contributed by atoms with Gasteiger partial charge >= 0.3 is 0 Å². The Balaban J connectivity index is 1.71. The Morgan fingerprint density at radius 3 is 2.95 bits per heavy atom. The second-order valence-corrected chi connectivity index (χ2v) is 6.11. The number of rotatable bonds is 3. The van der Waals surface area contributed by atoms with E-state index in [1.54, 1.807) is 0 Å². The van der Waals surface area contributed by atoms with Crippen LogP contribution in [-0.4, -0.2) is 33.7 Å². The monoisotopic (exact) mass is 260 g/mol. The number of hydrogen-bond donors (Lipinski definition) is 1. The van der Waals surface area contributed by atoms with Gasteiger partial charge in [-0.15, -0.1) is 0 Å². The molecular weight excluding hydrogens is 236 g/mol. The molecule has 19 heavy (non-hydrogen) atoms. The molecule has 0 bridgehead atoms. The van der Waals surface area contributed by atoms with Crippen molar-refractivity contribution < 1.29 is 5.11 Å². The third kappa shape index (κ3) is 2.67. The Labute approximate surface area is 115 Å². The minimum Gasteiger partial charge on any atom is -0.393 e. The molecule has 1 N–H and O–H groups in total. The van der Waals surface area contributed by atoms with Gasteiger partial charge in [-0.05, 0) is 50.8 Å². The molecule has 0 spiro atoms. The summed E-state index contributed by atoms with van der Waals surface area (Å²) < 4.78 is 0. The molecule has 0 radical (unpaired) electrons. The van der Waals surface area contributed by atoms with Crippen molar-refractivity contribution in [1.29, 1.82) is 0 Å². The summed E-state index contributed by atoms with van der Waals surface area (Å²) in [6.07, 6.45) is 7.71. The average Bonchev–Trinajstić information content (AvgIpc) is 3.01. The summed E-state index contributed by atoms with van der Waals surface area (Å²) in [7, 11) is 0. The second kappa shape index (κ2) is 5.59. The largest absolute Gasteiger partial charge is 0.393 e. The molecule has 3 heteroatoms. The van der Waals surface area contributed by atoms with Crippen molar-refractivity contribution in [2.75, 3.05) is 6.54 Å². The fourth-order valence-corrected chi connectivity index (χ4v) is 3.83. The predicted molar refractivity (Wildman–Crippen MR) is 75.8 cm³/mol. The number of likely N-dealkylation sites (tertiary alicyclic amines) is 1. The van der Waals surface area contributed by atoms with Crippen LogP contribution < -0.4 is 0 Å². The molecule has 1 aliphatic carbocycles. The van der Waals surface area contributed by atoms with E-state index < -0.39 is 0 Å². The Bertz CT molecular complexity index is 435. The molecule has 2 heterocycles. The number of aryl methyl sites for hydroxylation is 1. The van der Waals surface area contributed by atoms with Crippen LogP contribution in [0.1, 0.15) is 43.4 Å². The van der Waals surface area contributed by atoms with E-state index in [1.165, 1.54) is 36.9 Å². The zero-order valence-electron chi connectivity index (χ0n) is 11.8. The van der Waals surface area contributed by atoms with Gasteiger partial charge in [0.05, 0.1) is 11.8 Å². The number of aliphatic hydroxyl groups is 1. The van der Waals surface area contributed by atoms with Crippen LogP contribution in [0.2, 0.25) is 0 Å². The van der Waals surface area contributed by atoms with Crippen molar-refractivity contribution in [3.05, 3.63) is 29.6 Å². The number of nitrogens with zero attached hydrogens (tertiary/aromatic N) is 2. The van der Waals surface area contributed by atoms with E-state index in [4.69, 9.17) is 0 Å². The highest BCUT2D eigenvalue weighted by Gasteiger charge is 2.38. The van der Waals surface area contributed by atoms with Crippen molar-refractivity contribution >= 4 is 0 Å². The van der Waals surface area contributed by atoms with E-state index in [-0.39, 0.29) is 6.10 Å². The molecule has 1 aromatic heterocycles. The molecule has 1 saturated carbocycles.